The van der Waals surface area contributed by atoms with Crippen LogP contribution in [0.3, 0.4) is 0 Å². The van der Waals surface area contributed by atoms with E-state index in [4.69, 9.17) is 11.6 Å². The zero-order valence-corrected chi connectivity index (χ0v) is 8.16. The third-order valence-corrected chi connectivity index (χ3v) is 2.97. The molecule has 62 valence electrons. The van der Waals surface area contributed by atoms with Gasteiger partial charge in [-0.3, -0.25) is 0 Å². The Morgan fingerprint density at radius 3 is 3.09 bits per heavy atom. The van der Waals surface area contributed by atoms with Crippen molar-refractivity contribution in [3.05, 3.63) is 17.1 Å². The van der Waals surface area contributed by atoms with E-state index in [1.54, 1.807) is 11.5 Å². The van der Waals surface area contributed by atoms with E-state index < -0.39 is 0 Å². The van der Waals surface area contributed by atoms with E-state index >= 15 is 0 Å². The summed E-state index contributed by atoms with van der Waals surface area (Å²) in [5.41, 5.74) is 0. The summed E-state index contributed by atoms with van der Waals surface area (Å²) in [5.74, 6) is 1.39. The smallest absolute Gasteiger partial charge is 0.0409 e. The first kappa shape index (κ1) is 9.01. The van der Waals surface area contributed by atoms with Gasteiger partial charge in [0.05, 0.1) is 0 Å². The highest BCUT2D eigenvalue weighted by atomic mass is 35.5. The molecule has 0 aliphatic heterocycles. The van der Waals surface area contributed by atoms with E-state index in [9.17, 15) is 0 Å². The first-order valence-electron chi connectivity index (χ1n) is 3.78. The SMILES string of the molecule is CC(CCl)CCc1ccns1. The molecule has 0 fully saturated rings. The van der Waals surface area contributed by atoms with Crippen molar-refractivity contribution < 1.29 is 0 Å². The van der Waals surface area contributed by atoms with Crippen LogP contribution in [0.25, 0.3) is 0 Å². The summed E-state index contributed by atoms with van der Waals surface area (Å²) < 4.78 is 4.03. The van der Waals surface area contributed by atoms with Crippen LogP contribution < -0.4 is 0 Å². The molecule has 1 atom stereocenters. The summed E-state index contributed by atoms with van der Waals surface area (Å²) >= 11 is 7.26. The number of hydrogen-bond acceptors (Lipinski definition) is 2. The first-order valence-corrected chi connectivity index (χ1v) is 5.09. The molecule has 0 aliphatic rings. The van der Waals surface area contributed by atoms with E-state index in [2.05, 4.69) is 17.4 Å². The van der Waals surface area contributed by atoms with Gasteiger partial charge in [0.25, 0.3) is 0 Å². The summed E-state index contributed by atoms with van der Waals surface area (Å²) in [6.07, 6.45) is 4.15. The molecule has 0 amide bonds. The lowest BCUT2D eigenvalue weighted by molar-refractivity contribution is 0.596. The highest BCUT2D eigenvalue weighted by Gasteiger charge is 2.01. The molecule has 3 heteroatoms. The summed E-state index contributed by atoms with van der Waals surface area (Å²) in [6.45, 7) is 2.17. The van der Waals surface area contributed by atoms with E-state index in [-0.39, 0.29) is 0 Å². The van der Waals surface area contributed by atoms with Crippen molar-refractivity contribution >= 4 is 23.1 Å². The summed E-state index contributed by atoms with van der Waals surface area (Å²) in [7, 11) is 0. The lowest BCUT2D eigenvalue weighted by Gasteiger charge is -2.03. The van der Waals surface area contributed by atoms with Gasteiger partial charge in [-0.1, -0.05) is 6.92 Å². The topological polar surface area (TPSA) is 12.9 Å². The van der Waals surface area contributed by atoms with E-state index in [0.717, 1.165) is 12.3 Å². The summed E-state index contributed by atoms with van der Waals surface area (Å²) in [5, 5.41) is 0. The highest BCUT2D eigenvalue weighted by Crippen LogP contribution is 2.12. The molecule has 1 unspecified atom stereocenters. The molecule has 0 saturated heterocycles. The Kier molecular flexibility index (Phi) is 3.87. The standard InChI is InChI=1S/C8H12ClNS/c1-7(6-9)2-3-8-4-5-10-11-8/h4-5,7H,2-3,6H2,1H3. The first-order chi connectivity index (χ1) is 5.33. The van der Waals surface area contributed by atoms with Crippen molar-refractivity contribution in [2.45, 2.75) is 19.8 Å². The van der Waals surface area contributed by atoms with Crippen molar-refractivity contribution in [3.8, 4) is 0 Å². The number of nitrogens with zero attached hydrogens (tertiary/aromatic N) is 1. The van der Waals surface area contributed by atoms with Crippen molar-refractivity contribution in [2.24, 2.45) is 5.92 Å². The lowest BCUT2D eigenvalue weighted by atomic mass is 10.1. The molecule has 1 rings (SSSR count). The molecule has 1 heterocycles. The van der Waals surface area contributed by atoms with E-state index in [1.807, 2.05) is 6.20 Å². The Bertz CT molecular complexity index is 186. The fourth-order valence-corrected chi connectivity index (χ4v) is 1.58. The minimum Gasteiger partial charge on any atom is -0.201 e. The van der Waals surface area contributed by atoms with Crippen LogP contribution in [0.4, 0.5) is 0 Å². The normalized spacial score (nSPS) is 13.3. The lowest BCUT2D eigenvalue weighted by Crippen LogP contribution is -1.96. The minimum atomic E-state index is 0.624. The number of aryl methyl sites for hydroxylation is 1. The monoisotopic (exact) mass is 189 g/mol. The van der Waals surface area contributed by atoms with Crippen LogP contribution in [0.1, 0.15) is 18.2 Å². The molecule has 1 nitrogen and oxygen atoms in total. The van der Waals surface area contributed by atoms with Gasteiger partial charge in [-0.15, -0.1) is 11.6 Å². The van der Waals surface area contributed by atoms with E-state index in [1.165, 1.54) is 11.3 Å². The van der Waals surface area contributed by atoms with Gasteiger partial charge in [0, 0.05) is 17.0 Å². The van der Waals surface area contributed by atoms with Gasteiger partial charge < -0.3 is 0 Å². The molecule has 11 heavy (non-hydrogen) atoms. The number of halogens is 1. The maximum atomic E-state index is 5.68. The van der Waals surface area contributed by atoms with Crippen molar-refractivity contribution in [2.75, 3.05) is 5.88 Å². The largest absolute Gasteiger partial charge is 0.201 e. The molecule has 0 N–H and O–H groups in total. The van der Waals surface area contributed by atoms with Crippen molar-refractivity contribution in [1.29, 1.82) is 0 Å². The average molecular weight is 190 g/mol. The Morgan fingerprint density at radius 2 is 2.55 bits per heavy atom. The van der Waals surface area contributed by atoms with Crippen molar-refractivity contribution in [1.82, 2.24) is 4.37 Å². The number of aromatic nitrogens is 1. The van der Waals surface area contributed by atoms with Gasteiger partial charge in [-0.25, -0.2) is 4.37 Å². The zero-order chi connectivity index (χ0) is 8.10. The van der Waals surface area contributed by atoms with Gasteiger partial charge in [0.1, 0.15) is 0 Å². The molecular formula is C8H12ClNS. The molecule has 0 saturated carbocycles. The second kappa shape index (κ2) is 4.73. The van der Waals surface area contributed by atoms with Crippen LogP contribution in [0.5, 0.6) is 0 Å². The molecule has 0 radical (unpaired) electrons. The maximum Gasteiger partial charge on any atom is 0.0409 e. The zero-order valence-electron chi connectivity index (χ0n) is 6.59. The Balaban J connectivity index is 2.23. The van der Waals surface area contributed by atoms with Gasteiger partial charge >= 0.3 is 0 Å². The molecule has 1 aromatic rings. The quantitative estimate of drug-likeness (QED) is 0.664. The van der Waals surface area contributed by atoms with Crippen LogP contribution in [-0.2, 0) is 6.42 Å². The number of rotatable bonds is 4. The van der Waals surface area contributed by atoms with Gasteiger partial charge in [-0.2, -0.15) is 0 Å². The summed E-state index contributed by atoms with van der Waals surface area (Å²) in [6, 6.07) is 2.08. The second-order valence-electron chi connectivity index (χ2n) is 2.78. The molecular weight excluding hydrogens is 178 g/mol. The maximum absolute atomic E-state index is 5.68. The van der Waals surface area contributed by atoms with Crippen LogP contribution in [0.15, 0.2) is 12.3 Å². The number of alkyl halides is 1. The highest BCUT2D eigenvalue weighted by molar-refractivity contribution is 7.05. The average Bonchev–Trinajstić information content (AvgIpc) is 2.52. The Labute approximate surface area is 76.6 Å². The molecule has 0 aromatic carbocycles. The fraction of sp³-hybridized carbons (Fsp3) is 0.625. The molecule has 0 bridgehead atoms. The third kappa shape index (κ3) is 3.21. The van der Waals surface area contributed by atoms with Crippen LogP contribution in [-0.4, -0.2) is 10.3 Å². The van der Waals surface area contributed by atoms with Crippen LogP contribution in [0, 0.1) is 5.92 Å². The fourth-order valence-electron chi connectivity index (χ4n) is 0.837. The summed E-state index contributed by atoms with van der Waals surface area (Å²) in [4.78, 5) is 1.36. The van der Waals surface area contributed by atoms with Crippen molar-refractivity contribution in [3.63, 3.8) is 0 Å². The molecule has 0 spiro atoms. The Hall–Kier alpha value is -0.0800. The van der Waals surface area contributed by atoms with E-state index in [0.29, 0.717) is 5.92 Å². The van der Waals surface area contributed by atoms with Crippen LogP contribution in [0.2, 0.25) is 0 Å². The predicted molar refractivity (Wildman–Crippen MR) is 50.3 cm³/mol. The number of hydrogen-bond donors (Lipinski definition) is 0. The predicted octanol–water partition coefficient (Wildman–Crippen LogP) is 2.95. The minimum absolute atomic E-state index is 0.624. The van der Waals surface area contributed by atoms with Gasteiger partial charge in [-0.05, 0) is 36.4 Å². The van der Waals surface area contributed by atoms with Gasteiger partial charge in [0.2, 0.25) is 0 Å². The molecule has 1 aromatic heterocycles. The second-order valence-corrected chi connectivity index (χ2v) is 4.00. The Morgan fingerprint density at radius 1 is 1.73 bits per heavy atom. The van der Waals surface area contributed by atoms with Crippen LogP contribution >= 0.6 is 23.1 Å². The van der Waals surface area contributed by atoms with Gasteiger partial charge in [0.15, 0.2) is 0 Å². The molecule has 0 aliphatic carbocycles. The third-order valence-electron chi connectivity index (χ3n) is 1.64.